The molecule has 3 aromatic carbocycles. The number of sulfonamides is 1. The Morgan fingerprint density at radius 2 is 1.72 bits per heavy atom. The predicted molar refractivity (Wildman–Crippen MR) is 150 cm³/mol. The summed E-state index contributed by atoms with van der Waals surface area (Å²) >= 11 is 0. The summed E-state index contributed by atoms with van der Waals surface area (Å²) in [5, 5.41) is 0. The summed E-state index contributed by atoms with van der Waals surface area (Å²) in [5.74, 6) is -0.264. The maximum Gasteiger partial charge on any atom is 0.339 e. The van der Waals surface area contributed by atoms with E-state index < -0.39 is 27.4 Å². The van der Waals surface area contributed by atoms with E-state index in [0.29, 0.717) is 17.1 Å². The van der Waals surface area contributed by atoms with Crippen molar-refractivity contribution in [3.63, 3.8) is 0 Å². The van der Waals surface area contributed by atoms with Crippen molar-refractivity contribution in [2.24, 2.45) is 4.99 Å². The molecule has 5 rings (SSSR count). The molecule has 0 amide bonds. The van der Waals surface area contributed by atoms with E-state index in [4.69, 9.17) is 19.2 Å². The van der Waals surface area contributed by atoms with Crippen molar-refractivity contribution in [1.82, 2.24) is 4.31 Å². The Balaban J connectivity index is 1.75. The Morgan fingerprint density at radius 3 is 2.36 bits per heavy atom. The molecule has 2 aliphatic rings. The Morgan fingerprint density at radius 1 is 1.05 bits per heavy atom. The number of benzene rings is 3. The van der Waals surface area contributed by atoms with Gasteiger partial charge < -0.3 is 14.2 Å². The van der Waals surface area contributed by atoms with Crippen molar-refractivity contribution in [1.29, 1.82) is 0 Å². The van der Waals surface area contributed by atoms with Crippen LogP contribution in [0.2, 0.25) is 0 Å². The van der Waals surface area contributed by atoms with Gasteiger partial charge >= 0.3 is 5.97 Å². The van der Waals surface area contributed by atoms with E-state index in [-0.39, 0.29) is 18.0 Å². The first-order chi connectivity index (χ1) is 18.8. The molecule has 0 radical (unpaired) electrons. The van der Waals surface area contributed by atoms with Crippen LogP contribution in [-0.4, -0.2) is 57.9 Å². The minimum absolute atomic E-state index is 0.0207. The van der Waals surface area contributed by atoms with Crippen LogP contribution in [0.15, 0.2) is 76.6 Å². The molecule has 1 aliphatic heterocycles. The van der Waals surface area contributed by atoms with E-state index in [1.54, 1.807) is 44.4 Å². The zero-order chi connectivity index (χ0) is 27.8. The first-order valence-electron chi connectivity index (χ1n) is 12.6. The number of aliphatic imine (C=N–C) groups is 1. The smallest absolute Gasteiger partial charge is 0.339 e. The molecule has 1 heterocycles. The Bertz CT molecular complexity index is 1560. The van der Waals surface area contributed by atoms with Crippen molar-refractivity contribution in [3.8, 4) is 11.5 Å². The number of nitrogens with zero attached hydrogens (tertiary/aromatic N) is 2. The van der Waals surface area contributed by atoms with Crippen molar-refractivity contribution < 1.29 is 27.4 Å². The highest BCUT2D eigenvalue weighted by atomic mass is 32.2. The molecule has 0 saturated heterocycles. The maximum atomic E-state index is 13.8. The Hall–Kier alpha value is -4.11. The highest BCUT2D eigenvalue weighted by molar-refractivity contribution is 7.89. The molecule has 8 nitrogen and oxygen atoms in total. The van der Waals surface area contributed by atoms with Gasteiger partial charge in [0.2, 0.25) is 0 Å². The van der Waals surface area contributed by atoms with Gasteiger partial charge in [-0.05, 0) is 66.5 Å². The molecule has 1 aliphatic carbocycles. The molecule has 202 valence electrons. The number of carbonyl (C=O) groups is 1. The average Bonchev–Trinajstić information content (AvgIpc) is 3.22. The molecule has 0 spiro atoms. The van der Waals surface area contributed by atoms with E-state index in [1.807, 2.05) is 49.4 Å². The van der Waals surface area contributed by atoms with Gasteiger partial charge in [0, 0.05) is 12.5 Å². The van der Waals surface area contributed by atoms with Crippen molar-refractivity contribution in [2.75, 3.05) is 27.4 Å². The minimum atomic E-state index is -3.93. The summed E-state index contributed by atoms with van der Waals surface area (Å²) in [6, 6.07) is 19.9. The third-order valence-electron chi connectivity index (χ3n) is 7.21. The molecule has 2 atom stereocenters. The number of aryl methyl sites for hydroxylation is 1. The second-order valence-corrected chi connectivity index (χ2v) is 11.3. The van der Waals surface area contributed by atoms with Crippen LogP contribution in [0.1, 0.15) is 35.1 Å². The topological polar surface area (TPSA) is 94.5 Å². The molecule has 0 saturated carbocycles. The summed E-state index contributed by atoms with van der Waals surface area (Å²) in [6.07, 6.45) is 3.16. The molecule has 2 unspecified atom stereocenters. The fraction of sp³-hybridized carbons (Fsp3) is 0.267. The first-order valence-corrected chi connectivity index (χ1v) is 14.0. The number of esters is 1. The van der Waals surface area contributed by atoms with Gasteiger partial charge in [-0.1, -0.05) is 48.0 Å². The highest BCUT2D eigenvalue weighted by Gasteiger charge is 2.59. The molecule has 0 fully saturated rings. The predicted octanol–water partition coefficient (Wildman–Crippen LogP) is 4.68. The van der Waals surface area contributed by atoms with Gasteiger partial charge in [0.1, 0.15) is 6.34 Å². The highest BCUT2D eigenvalue weighted by Crippen LogP contribution is 2.56. The average molecular weight is 547 g/mol. The summed E-state index contributed by atoms with van der Waals surface area (Å²) in [7, 11) is -0.856. The van der Waals surface area contributed by atoms with Gasteiger partial charge in [-0.25, -0.2) is 13.2 Å². The number of rotatable bonds is 7. The molecular weight excluding hydrogens is 516 g/mol. The fourth-order valence-corrected chi connectivity index (χ4v) is 6.53. The Kier molecular flexibility index (Phi) is 6.94. The van der Waals surface area contributed by atoms with Gasteiger partial charge in [-0.15, -0.1) is 0 Å². The van der Waals surface area contributed by atoms with Gasteiger partial charge in [-0.2, -0.15) is 0 Å². The first kappa shape index (κ1) is 26.5. The molecule has 39 heavy (non-hydrogen) atoms. The SMILES string of the molecule is CCOC(=O)C12N=CN(S(=O)(=O)c3ccc(C)cc3)CC1c1cc(OC)c(OC)cc1/C2=C/c1ccccc1. The summed E-state index contributed by atoms with van der Waals surface area (Å²) in [4.78, 5) is 18.7. The zero-order valence-corrected chi connectivity index (χ0v) is 23.1. The van der Waals surface area contributed by atoms with Crippen LogP contribution in [0, 0.1) is 6.92 Å². The van der Waals surface area contributed by atoms with Crippen LogP contribution in [0.25, 0.3) is 11.6 Å². The second-order valence-electron chi connectivity index (χ2n) is 9.43. The van der Waals surface area contributed by atoms with Crippen molar-refractivity contribution in [3.05, 3.63) is 89.0 Å². The largest absolute Gasteiger partial charge is 0.493 e. The second kappa shape index (κ2) is 10.2. The third-order valence-corrected chi connectivity index (χ3v) is 8.94. The number of methoxy groups -OCH3 is 2. The van der Waals surface area contributed by atoms with Gasteiger partial charge in [0.05, 0.1) is 25.7 Å². The maximum absolute atomic E-state index is 13.8. The van der Waals surface area contributed by atoms with Crippen LogP contribution in [0.5, 0.6) is 11.5 Å². The third kappa shape index (κ3) is 4.36. The van der Waals surface area contributed by atoms with Crippen LogP contribution in [0.3, 0.4) is 0 Å². The van der Waals surface area contributed by atoms with Gasteiger partial charge in [0.25, 0.3) is 10.0 Å². The van der Waals surface area contributed by atoms with Crippen LogP contribution >= 0.6 is 0 Å². The molecular formula is C30H30N2O6S. The van der Waals surface area contributed by atoms with Crippen molar-refractivity contribution in [2.45, 2.75) is 30.2 Å². The van der Waals surface area contributed by atoms with Crippen LogP contribution in [-0.2, 0) is 19.6 Å². The van der Waals surface area contributed by atoms with Gasteiger partial charge in [0.15, 0.2) is 17.0 Å². The van der Waals surface area contributed by atoms with Crippen LogP contribution in [0.4, 0.5) is 0 Å². The minimum Gasteiger partial charge on any atom is -0.493 e. The summed E-state index contributed by atoms with van der Waals surface area (Å²) in [5.41, 5.74) is 2.37. The number of fused-ring (bicyclic) bond motifs is 3. The number of hydrogen-bond acceptors (Lipinski definition) is 7. The van der Waals surface area contributed by atoms with E-state index in [0.717, 1.165) is 22.3 Å². The molecule has 3 aromatic rings. The fourth-order valence-electron chi connectivity index (χ4n) is 5.26. The van der Waals surface area contributed by atoms with E-state index >= 15 is 0 Å². The van der Waals surface area contributed by atoms with E-state index in [2.05, 4.69) is 0 Å². The standard InChI is InChI=1S/C30H30N2O6S/c1-5-38-29(33)30-25(15-21-9-7-6-8-10-21)23-16-27(36-3)28(37-4)17-24(23)26(30)18-32(19-31-30)39(34,35)22-13-11-20(2)12-14-22/h6-17,19,26H,5,18H2,1-4H3/b25-15-. The lowest BCUT2D eigenvalue weighted by molar-refractivity contribution is -0.147. The van der Waals surface area contributed by atoms with Gasteiger partial charge in [-0.3, -0.25) is 9.30 Å². The number of ether oxygens (including phenoxy) is 3. The lowest BCUT2D eigenvalue weighted by Gasteiger charge is -2.38. The summed E-state index contributed by atoms with van der Waals surface area (Å²) in [6.45, 7) is 3.76. The quantitative estimate of drug-likeness (QED) is 0.399. The van der Waals surface area contributed by atoms with Crippen molar-refractivity contribution >= 4 is 34.0 Å². The van der Waals surface area contributed by atoms with E-state index in [1.165, 1.54) is 17.8 Å². The lowest BCUT2D eigenvalue weighted by Crippen LogP contribution is -2.51. The van der Waals surface area contributed by atoms with E-state index in [9.17, 15) is 13.2 Å². The number of hydrogen-bond donors (Lipinski definition) is 0. The normalized spacial score (nSPS) is 20.9. The monoisotopic (exact) mass is 546 g/mol. The molecule has 0 N–H and O–H groups in total. The number of carbonyl (C=O) groups excluding carboxylic acids is 1. The molecule has 0 bridgehead atoms. The van der Waals surface area contributed by atoms with Crippen LogP contribution < -0.4 is 9.47 Å². The molecule has 0 aromatic heterocycles. The molecule has 9 heteroatoms. The lowest BCUT2D eigenvalue weighted by atomic mass is 9.80. The summed E-state index contributed by atoms with van der Waals surface area (Å²) < 4.78 is 45.3. The zero-order valence-electron chi connectivity index (χ0n) is 22.2. The Labute approximate surface area is 228 Å².